The van der Waals surface area contributed by atoms with Gasteiger partial charge in [0.25, 0.3) is 0 Å². The fourth-order valence-electron chi connectivity index (χ4n) is 2.09. The molecule has 0 radical (unpaired) electrons. The van der Waals surface area contributed by atoms with Crippen LogP contribution < -0.4 is 4.90 Å². The van der Waals surface area contributed by atoms with Gasteiger partial charge in [0, 0.05) is 31.0 Å². The van der Waals surface area contributed by atoms with Gasteiger partial charge in [-0.15, -0.1) is 0 Å². The zero-order valence-electron chi connectivity index (χ0n) is 9.89. The van der Waals surface area contributed by atoms with Crippen LogP contribution >= 0.6 is 11.5 Å². The van der Waals surface area contributed by atoms with Crippen LogP contribution in [0.5, 0.6) is 0 Å². The largest absolute Gasteiger partial charge is 0.393 e. The molecule has 0 aromatic carbocycles. The van der Waals surface area contributed by atoms with Crippen molar-refractivity contribution in [3.63, 3.8) is 0 Å². The average Bonchev–Trinajstić information content (AvgIpc) is 2.77. The van der Waals surface area contributed by atoms with Gasteiger partial charge in [-0.3, -0.25) is 0 Å². The van der Waals surface area contributed by atoms with Crippen LogP contribution in [-0.2, 0) is 6.42 Å². The van der Waals surface area contributed by atoms with Crippen LogP contribution in [0.4, 0.5) is 5.13 Å². The zero-order chi connectivity index (χ0) is 11.5. The Labute approximate surface area is 100 Å². The molecule has 90 valence electrons. The summed E-state index contributed by atoms with van der Waals surface area (Å²) in [4.78, 5) is 6.78. The van der Waals surface area contributed by atoms with Crippen molar-refractivity contribution in [1.29, 1.82) is 0 Å². The summed E-state index contributed by atoms with van der Waals surface area (Å²) in [7, 11) is 0. The van der Waals surface area contributed by atoms with Crippen molar-refractivity contribution in [2.24, 2.45) is 5.92 Å². The number of anilines is 1. The number of nitrogens with zero attached hydrogens (tertiary/aromatic N) is 3. The normalized spacial score (nSPS) is 20.1. The minimum Gasteiger partial charge on any atom is -0.393 e. The molecule has 5 heteroatoms. The number of rotatable bonds is 3. The first-order valence-electron chi connectivity index (χ1n) is 5.96. The minimum absolute atomic E-state index is 0.178. The summed E-state index contributed by atoms with van der Waals surface area (Å²) >= 11 is 1.49. The van der Waals surface area contributed by atoms with Crippen molar-refractivity contribution < 1.29 is 5.11 Å². The first kappa shape index (κ1) is 11.8. The third-order valence-corrected chi connectivity index (χ3v) is 4.08. The van der Waals surface area contributed by atoms with Gasteiger partial charge in [0.15, 0.2) is 0 Å². The van der Waals surface area contributed by atoms with E-state index in [1.165, 1.54) is 11.5 Å². The second-order valence-electron chi connectivity index (χ2n) is 4.41. The lowest BCUT2D eigenvalue weighted by Crippen LogP contribution is -2.36. The molecule has 2 heterocycles. The minimum atomic E-state index is -0.178. The Morgan fingerprint density at radius 3 is 2.69 bits per heavy atom. The van der Waals surface area contributed by atoms with Crippen LogP contribution in [0.25, 0.3) is 0 Å². The van der Waals surface area contributed by atoms with Gasteiger partial charge in [-0.1, -0.05) is 6.92 Å². The number of aliphatic hydroxyl groups excluding tert-OH is 1. The van der Waals surface area contributed by atoms with Gasteiger partial charge < -0.3 is 10.0 Å². The standard InChI is InChI=1S/C11H19N3OS/c1-3-10-12-11(16-13-10)14-6-4-9(5-7-14)8(2)15/h8-9,15H,3-7H2,1-2H3. The molecule has 0 amide bonds. The molecule has 0 spiro atoms. The first-order valence-corrected chi connectivity index (χ1v) is 6.73. The van der Waals surface area contributed by atoms with E-state index in [-0.39, 0.29) is 6.10 Å². The van der Waals surface area contributed by atoms with Crippen molar-refractivity contribution in [3.8, 4) is 0 Å². The molecule has 1 saturated heterocycles. The molecule has 1 unspecified atom stereocenters. The van der Waals surface area contributed by atoms with Crippen LogP contribution in [0.3, 0.4) is 0 Å². The Hall–Kier alpha value is -0.680. The van der Waals surface area contributed by atoms with Gasteiger partial charge in [-0.2, -0.15) is 4.37 Å². The van der Waals surface area contributed by atoms with E-state index in [1.54, 1.807) is 0 Å². The van der Waals surface area contributed by atoms with E-state index < -0.39 is 0 Å². The molecule has 1 atom stereocenters. The van der Waals surface area contributed by atoms with Crippen LogP contribution in [-0.4, -0.2) is 33.7 Å². The Morgan fingerprint density at radius 2 is 2.19 bits per heavy atom. The number of piperidine rings is 1. The molecule has 16 heavy (non-hydrogen) atoms. The number of aromatic nitrogens is 2. The highest BCUT2D eigenvalue weighted by Gasteiger charge is 2.24. The van der Waals surface area contributed by atoms with Gasteiger partial charge in [-0.25, -0.2) is 4.98 Å². The molecule has 0 aliphatic carbocycles. The van der Waals surface area contributed by atoms with Gasteiger partial charge >= 0.3 is 0 Å². The quantitative estimate of drug-likeness (QED) is 0.875. The molecule has 1 aromatic rings. The summed E-state index contributed by atoms with van der Waals surface area (Å²) in [5.74, 6) is 1.40. The van der Waals surface area contributed by atoms with Crippen molar-refractivity contribution in [3.05, 3.63) is 5.82 Å². The second-order valence-corrected chi connectivity index (χ2v) is 5.14. The maximum absolute atomic E-state index is 9.53. The lowest BCUT2D eigenvalue weighted by atomic mass is 9.92. The lowest BCUT2D eigenvalue weighted by Gasteiger charge is -2.32. The highest BCUT2D eigenvalue weighted by molar-refractivity contribution is 7.09. The summed E-state index contributed by atoms with van der Waals surface area (Å²) in [6, 6.07) is 0. The molecule has 1 aromatic heterocycles. The first-order chi connectivity index (χ1) is 7.70. The number of aryl methyl sites for hydroxylation is 1. The summed E-state index contributed by atoms with van der Waals surface area (Å²) in [6.07, 6.45) is 2.83. The maximum atomic E-state index is 9.53. The molecular weight excluding hydrogens is 222 g/mol. The predicted octanol–water partition coefficient (Wildman–Crippen LogP) is 1.70. The molecule has 0 saturated carbocycles. The summed E-state index contributed by atoms with van der Waals surface area (Å²) in [6.45, 7) is 5.95. The molecule has 1 fully saturated rings. The predicted molar refractivity (Wildman–Crippen MR) is 65.9 cm³/mol. The molecule has 1 aliphatic rings. The van der Waals surface area contributed by atoms with Gasteiger partial charge in [0.05, 0.1) is 6.10 Å². The lowest BCUT2D eigenvalue weighted by molar-refractivity contribution is 0.110. The Bertz CT molecular complexity index is 332. The summed E-state index contributed by atoms with van der Waals surface area (Å²) in [5.41, 5.74) is 0. The third-order valence-electron chi connectivity index (χ3n) is 3.27. The molecule has 4 nitrogen and oxygen atoms in total. The monoisotopic (exact) mass is 241 g/mol. The fraction of sp³-hybridized carbons (Fsp3) is 0.818. The molecule has 1 N–H and O–H groups in total. The Balaban J connectivity index is 1.93. The maximum Gasteiger partial charge on any atom is 0.205 e. The van der Waals surface area contributed by atoms with E-state index in [4.69, 9.17) is 0 Å². The zero-order valence-corrected chi connectivity index (χ0v) is 10.7. The molecule has 1 aliphatic heterocycles. The van der Waals surface area contributed by atoms with E-state index in [9.17, 15) is 5.11 Å². The van der Waals surface area contributed by atoms with E-state index in [2.05, 4.69) is 21.2 Å². The van der Waals surface area contributed by atoms with E-state index in [0.717, 1.165) is 43.3 Å². The van der Waals surface area contributed by atoms with Crippen LogP contribution in [0.15, 0.2) is 0 Å². The topological polar surface area (TPSA) is 49.2 Å². The highest BCUT2D eigenvalue weighted by atomic mass is 32.1. The number of hydrogen-bond donors (Lipinski definition) is 1. The highest BCUT2D eigenvalue weighted by Crippen LogP contribution is 2.26. The van der Waals surface area contributed by atoms with Crippen LogP contribution in [0.2, 0.25) is 0 Å². The number of hydrogen-bond acceptors (Lipinski definition) is 5. The van der Waals surface area contributed by atoms with Gasteiger partial charge in [-0.05, 0) is 25.7 Å². The second kappa shape index (κ2) is 5.10. The Morgan fingerprint density at radius 1 is 1.50 bits per heavy atom. The molecule has 2 rings (SSSR count). The van der Waals surface area contributed by atoms with Gasteiger partial charge in [0.2, 0.25) is 5.13 Å². The smallest absolute Gasteiger partial charge is 0.205 e. The molecular formula is C11H19N3OS. The van der Waals surface area contributed by atoms with E-state index in [0.29, 0.717) is 5.92 Å². The van der Waals surface area contributed by atoms with Crippen LogP contribution in [0, 0.1) is 5.92 Å². The fourth-order valence-corrected chi connectivity index (χ4v) is 2.89. The SMILES string of the molecule is CCc1nsc(N2CCC(C(C)O)CC2)n1. The van der Waals surface area contributed by atoms with E-state index >= 15 is 0 Å². The average molecular weight is 241 g/mol. The molecule has 0 bridgehead atoms. The van der Waals surface area contributed by atoms with Crippen LogP contribution in [0.1, 0.15) is 32.5 Å². The van der Waals surface area contributed by atoms with Crippen molar-refractivity contribution in [2.75, 3.05) is 18.0 Å². The van der Waals surface area contributed by atoms with Crippen molar-refractivity contribution in [1.82, 2.24) is 9.36 Å². The summed E-state index contributed by atoms with van der Waals surface area (Å²) < 4.78 is 4.30. The Kier molecular flexibility index (Phi) is 3.76. The third kappa shape index (κ3) is 2.52. The van der Waals surface area contributed by atoms with Crippen molar-refractivity contribution >= 4 is 16.7 Å². The van der Waals surface area contributed by atoms with E-state index in [1.807, 2.05) is 6.92 Å². The van der Waals surface area contributed by atoms with Gasteiger partial charge in [0.1, 0.15) is 5.82 Å². The summed E-state index contributed by atoms with van der Waals surface area (Å²) in [5, 5.41) is 10.6. The van der Waals surface area contributed by atoms with Crippen molar-refractivity contribution in [2.45, 2.75) is 39.2 Å². The number of aliphatic hydroxyl groups is 1.